The summed E-state index contributed by atoms with van der Waals surface area (Å²) in [5.74, 6) is 1.30. The number of carbonyl (C=O) groups excluding carboxylic acids is 2. The zero-order chi connectivity index (χ0) is 24.6. The van der Waals surface area contributed by atoms with Gasteiger partial charge in [0.15, 0.2) is 0 Å². The highest BCUT2D eigenvalue weighted by molar-refractivity contribution is 8.00. The van der Waals surface area contributed by atoms with Crippen molar-refractivity contribution in [1.82, 2.24) is 15.3 Å². The maximum atomic E-state index is 12.5. The molecule has 3 aliphatic rings. The molecule has 0 bridgehead atoms. The van der Waals surface area contributed by atoms with Gasteiger partial charge in [-0.15, -0.1) is 11.8 Å². The summed E-state index contributed by atoms with van der Waals surface area (Å²) in [4.78, 5) is 36.0. The number of carbonyl (C=O) groups is 2. The maximum absolute atomic E-state index is 12.5. The lowest BCUT2D eigenvalue weighted by molar-refractivity contribution is -0.113. The van der Waals surface area contributed by atoms with E-state index >= 15 is 0 Å². The number of amides is 2. The largest absolute Gasteiger partial charge is 0.481 e. The van der Waals surface area contributed by atoms with Crippen LogP contribution in [0.1, 0.15) is 5.56 Å². The smallest absolute Gasteiger partial charge is 0.414 e. The Morgan fingerprint density at radius 1 is 1.22 bits per heavy atom. The average Bonchev–Trinajstić information content (AvgIpc) is 3.27. The third kappa shape index (κ3) is 4.40. The number of anilines is 3. The van der Waals surface area contributed by atoms with Gasteiger partial charge in [-0.05, 0) is 36.6 Å². The number of nitrogens with zero attached hydrogens (tertiary/aromatic N) is 3. The van der Waals surface area contributed by atoms with Crippen LogP contribution in [0.2, 0.25) is 0 Å². The first-order valence-corrected chi connectivity index (χ1v) is 12.9. The highest BCUT2D eigenvalue weighted by Gasteiger charge is 2.33. The molecule has 3 N–H and O–H groups in total. The minimum atomic E-state index is -0.371. The molecule has 1 saturated heterocycles. The van der Waals surface area contributed by atoms with Gasteiger partial charge in [-0.1, -0.05) is 0 Å². The van der Waals surface area contributed by atoms with Crippen LogP contribution in [0.5, 0.6) is 5.88 Å². The lowest BCUT2D eigenvalue weighted by atomic mass is 9.93. The number of hydrogen-bond acceptors (Lipinski definition) is 9. The van der Waals surface area contributed by atoms with Gasteiger partial charge in [-0.25, -0.2) is 9.78 Å². The van der Waals surface area contributed by atoms with Crippen molar-refractivity contribution in [3.63, 3.8) is 0 Å². The maximum Gasteiger partial charge on any atom is 0.414 e. The molecule has 11 heteroatoms. The first kappa shape index (κ1) is 22.9. The lowest BCUT2D eigenvalue weighted by Crippen LogP contribution is -2.37. The molecule has 1 aromatic carbocycles. The molecule has 2 amide bonds. The number of rotatable bonds is 6. The number of methoxy groups -OCH3 is 1. The van der Waals surface area contributed by atoms with Crippen LogP contribution in [-0.4, -0.2) is 67.1 Å². The molecular formula is C25H26N6O4S. The Hall–Kier alpha value is -3.57. The zero-order valence-corrected chi connectivity index (χ0v) is 20.6. The molecule has 0 saturated carbocycles. The average molecular weight is 507 g/mol. The lowest BCUT2D eigenvalue weighted by Gasteiger charge is -2.27. The van der Waals surface area contributed by atoms with Crippen LogP contribution in [0.3, 0.4) is 0 Å². The molecule has 186 valence electrons. The number of cyclic esters (lactones) is 1. The van der Waals surface area contributed by atoms with Crippen molar-refractivity contribution >= 4 is 51.9 Å². The summed E-state index contributed by atoms with van der Waals surface area (Å²) in [7, 11) is 1.61. The number of fused-ring (bicyclic) bond motifs is 4. The fourth-order valence-corrected chi connectivity index (χ4v) is 5.65. The quantitative estimate of drug-likeness (QED) is 0.464. The first-order chi connectivity index (χ1) is 17.6. The van der Waals surface area contributed by atoms with E-state index in [0.717, 1.165) is 58.1 Å². The van der Waals surface area contributed by atoms with Gasteiger partial charge in [0.05, 0.1) is 48.0 Å². The van der Waals surface area contributed by atoms with Gasteiger partial charge >= 0.3 is 6.09 Å². The summed E-state index contributed by atoms with van der Waals surface area (Å²) in [5.41, 5.74) is 5.34. The monoisotopic (exact) mass is 506 g/mol. The van der Waals surface area contributed by atoms with E-state index in [4.69, 9.17) is 9.47 Å². The van der Waals surface area contributed by atoms with Crippen LogP contribution in [0.4, 0.5) is 21.9 Å². The molecule has 0 spiro atoms. The molecule has 36 heavy (non-hydrogen) atoms. The number of hydrogen-bond donors (Lipinski definition) is 3. The normalized spacial score (nSPS) is 20.9. The Morgan fingerprint density at radius 2 is 2.14 bits per heavy atom. The van der Waals surface area contributed by atoms with Crippen molar-refractivity contribution in [3.8, 4) is 5.88 Å². The second kappa shape index (κ2) is 9.47. The number of aromatic nitrogens is 2. The Kier molecular flexibility index (Phi) is 6.02. The third-order valence-corrected chi connectivity index (χ3v) is 7.74. The summed E-state index contributed by atoms with van der Waals surface area (Å²) in [6, 6.07) is 9.42. The van der Waals surface area contributed by atoms with Crippen LogP contribution in [0.15, 0.2) is 41.4 Å². The fraction of sp³-hybridized carbons (Fsp3) is 0.360. The summed E-state index contributed by atoms with van der Waals surface area (Å²) < 4.78 is 10.9. The van der Waals surface area contributed by atoms with E-state index < -0.39 is 0 Å². The molecule has 10 nitrogen and oxygen atoms in total. The van der Waals surface area contributed by atoms with Crippen molar-refractivity contribution in [3.05, 3.63) is 42.1 Å². The van der Waals surface area contributed by atoms with Gasteiger partial charge in [0.25, 0.3) is 0 Å². The summed E-state index contributed by atoms with van der Waals surface area (Å²) in [5, 5.41) is 9.83. The standard InChI is InChI=1S/C25H26N6O4S/c1-34-23-5-3-18-24(30-23)17-6-14(9-27-20(17)11-28-18)8-26-10-16-12-31(25(33)35-16)15-2-4-21-19(7-15)29-22(32)13-36-21/h2-5,7,11,14,16,26-27H,6,8-10,12-13H2,1H3,(H,29,32)/t14-,16+/m0/s1. The Balaban J connectivity index is 1.06. The second-order valence-electron chi connectivity index (χ2n) is 9.11. The minimum absolute atomic E-state index is 0.0327. The minimum Gasteiger partial charge on any atom is -0.481 e. The first-order valence-electron chi connectivity index (χ1n) is 11.9. The molecule has 2 aromatic heterocycles. The molecule has 2 atom stereocenters. The van der Waals surface area contributed by atoms with Crippen molar-refractivity contribution in [2.24, 2.45) is 5.92 Å². The van der Waals surface area contributed by atoms with Crippen LogP contribution < -0.4 is 25.6 Å². The van der Waals surface area contributed by atoms with Gasteiger partial charge in [0.2, 0.25) is 11.8 Å². The number of pyridine rings is 2. The second-order valence-corrected chi connectivity index (χ2v) is 10.1. The summed E-state index contributed by atoms with van der Waals surface area (Å²) in [6.07, 6.45) is 2.11. The zero-order valence-electron chi connectivity index (χ0n) is 19.7. The molecular weight excluding hydrogens is 480 g/mol. The van der Waals surface area contributed by atoms with E-state index in [-0.39, 0.29) is 18.1 Å². The molecule has 1 fully saturated rings. The van der Waals surface area contributed by atoms with Crippen molar-refractivity contribution in [2.75, 3.05) is 54.6 Å². The van der Waals surface area contributed by atoms with Gasteiger partial charge in [0.1, 0.15) is 6.10 Å². The number of benzene rings is 1. The SMILES string of the molecule is COc1ccc2ncc3c(c2n1)C[C@@H](CNC[C@@H]1CN(c2ccc4c(c2)NC(=O)CS4)C(=O)O1)CN3. The van der Waals surface area contributed by atoms with Crippen LogP contribution in [0.25, 0.3) is 11.0 Å². The topological polar surface area (TPSA) is 118 Å². The van der Waals surface area contributed by atoms with Crippen molar-refractivity contribution in [1.29, 1.82) is 0 Å². The van der Waals surface area contributed by atoms with Crippen LogP contribution in [0, 0.1) is 5.92 Å². The Morgan fingerprint density at radius 3 is 3.03 bits per heavy atom. The molecule has 0 radical (unpaired) electrons. The molecule has 0 unspecified atom stereocenters. The molecule has 3 aromatic rings. The van der Waals surface area contributed by atoms with E-state index in [1.807, 2.05) is 36.5 Å². The van der Waals surface area contributed by atoms with E-state index in [1.54, 1.807) is 12.0 Å². The van der Waals surface area contributed by atoms with E-state index in [9.17, 15) is 9.59 Å². The highest BCUT2D eigenvalue weighted by Crippen LogP contribution is 2.35. The Bertz CT molecular complexity index is 1350. The molecule has 5 heterocycles. The van der Waals surface area contributed by atoms with E-state index in [0.29, 0.717) is 30.6 Å². The van der Waals surface area contributed by atoms with Gasteiger partial charge < -0.3 is 25.4 Å². The van der Waals surface area contributed by atoms with Crippen molar-refractivity contribution < 1.29 is 19.1 Å². The predicted octanol–water partition coefficient (Wildman–Crippen LogP) is 2.88. The van der Waals surface area contributed by atoms with Crippen LogP contribution >= 0.6 is 11.8 Å². The molecule has 3 aliphatic heterocycles. The Labute approximate surface area is 212 Å². The highest BCUT2D eigenvalue weighted by atomic mass is 32.2. The number of ether oxygens (including phenoxy) is 2. The van der Waals surface area contributed by atoms with Crippen LogP contribution in [-0.2, 0) is 16.0 Å². The fourth-order valence-electron chi connectivity index (χ4n) is 4.86. The van der Waals surface area contributed by atoms with Crippen molar-refractivity contribution in [2.45, 2.75) is 17.4 Å². The number of thioether (sulfide) groups is 1. The van der Waals surface area contributed by atoms with Gasteiger partial charge in [0, 0.05) is 41.8 Å². The summed E-state index contributed by atoms with van der Waals surface area (Å²) in [6.45, 7) is 2.62. The predicted molar refractivity (Wildman–Crippen MR) is 138 cm³/mol. The van der Waals surface area contributed by atoms with Gasteiger partial charge in [-0.3, -0.25) is 14.7 Å². The number of nitrogens with one attached hydrogen (secondary N) is 3. The molecule has 6 rings (SSSR count). The van der Waals surface area contributed by atoms with E-state index in [2.05, 4.69) is 25.9 Å². The molecule has 0 aliphatic carbocycles. The third-order valence-electron chi connectivity index (χ3n) is 6.66. The van der Waals surface area contributed by atoms with E-state index in [1.165, 1.54) is 11.8 Å². The van der Waals surface area contributed by atoms with Gasteiger partial charge in [-0.2, -0.15) is 0 Å². The summed E-state index contributed by atoms with van der Waals surface area (Å²) >= 11 is 1.50.